The fourth-order valence-corrected chi connectivity index (χ4v) is 2.87. The fourth-order valence-electron chi connectivity index (χ4n) is 2.56. The van der Waals surface area contributed by atoms with Gasteiger partial charge < -0.3 is 30.2 Å². The van der Waals surface area contributed by atoms with Gasteiger partial charge in [0, 0.05) is 23.9 Å². The molecule has 1 atom stereocenters. The number of aliphatic carboxylic acids is 1. The van der Waals surface area contributed by atoms with Crippen molar-refractivity contribution in [2.24, 2.45) is 0 Å². The van der Waals surface area contributed by atoms with E-state index in [1.165, 1.54) is 31.3 Å². The molecule has 0 fully saturated rings. The number of phenolic OH excluding ortho intramolecular Hbond substituents is 2. The number of aromatic nitrogens is 1. The van der Waals surface area contributed by atoms with E-state index in [-0.39, 0.29) is 47.0 Å². The molecule has 0 aliphatic heterocycles. The number of phenols is 2. The molecule has 12 heteroatoms. The molecule has 0 radical (unpaired) electrons. The van der Waals surface area contributed by atoms with Crippen molar-refractivity contribution in [2.45, 2.75) is 32.5 Å². The maximum Gasteiger partial charge on any atom is 0.469 e. The number of hydrogen-bond acceptors (Lipinski definition) is 8. The smallest absolute Gasteiger partial charge is 0.469 e. The van der Waals surface area contributed by atoms with E-state index in [0.29, 0.717) is 5.56 Å². The van der Waals surface area contributed by atoms with Crippen LogP contribution < -0.4 is 5.32 Å². The number of carboxylic acid groups (broad SMARTS) is 1. The monoisotopic (exact) mass is 428 g/mol. The first-order chi connectivity index (χ1) is 13.5. The Morgan fingerprint density at radius 3 is 2.52 bits per heavy atom. The van der Waals surface area contributed by atoms with Crippen LogP contribution in [0.3, 0.4) is 0 Å². The number of carbonyl (C=O) groups is 1. The molecule has 1 heterocycles. The number of aryl methyl sites for hydroxylation is 1. The minimum absolute atomic E-state index is 0.0394. The van der Waals surface area contributed by atoms with Crippen molar-refractivity contribution in [3.05, 3.63) is 46.8 Å². The summed E-state index contributed by atoms with van der Waals surface area (Å²) in [7, 11) is -4.75. The lowest BCUT2D eigenvalue weighted by Crippen LogP contribution is -2.38. The largest absolute Gasteiger partial charge is 0.506 e. The Hall–Kier alpha value is -2.69. The van der Waals surface area contributed by atoms with Gasteiger partial charge in [-0.05, 0) is 31.0 Å². The zero-order chi connectivity index (χ0) is 21.8. The third-order valence-electron chi connectivity index (χ3n) is 4.12. The van der Waals surface area contributed by atoms with Crippen LogP contribution in [0, 0.1) is 6.92 Å². The molecule has 158 valence electrons. The number of phosphoric acid groups is 1. The lowest BCUT2D eigenvalue weighted by molar-refractivity contribution is -0.139. The fraction of sp³-hybridized carbons (Fsp3) is 0.294. The number of nitrogens with zero attached hydrogens (tertiary/aromatic N) is 1. The van der Waals surface area contributed by atoms with Gasteiger partial charge in [0.1, 0.15) is 11.8 Å². The Morgan fingerprint density at radius 2 is 1.93 bits per heavy atom. The number of carboxylic acids is 1. The van der Waals surface area contributed by atoms with Crippen LogP contribution in [0.15, 0.2) is 24.4 Å². The number of phosphoric ester groups is 1. The second kappa shape index (κ2) is 9.21. The highest BCUT2D eigenvalue weighted by molar-refractivity contribution is 7.46. The minimum Gasteiger partial charge on any atom is -0.506 e. The van der Waals surface area contributed by atoms with E-state index in [1.54, 1.807) is 0 Å². The number of nitrogens with one attached hydrogen (secondary N) is 1. The molecule has 2 rings (SSSR count). The lowest BCUT2D eigenvalue weighted by Gasteiger charge is -2.18. The summed E-state index contributed by atoms with van der Waals surface area (Å²) in [6.07, 6.45) is 1.23. The van der Waals surface area contributed by atoms with E-state index < -0.39 is 26.4 Å². The summed E-state index contributed by atoms with van der Waals surface area (Å²) in [6.45, 7) is 0.822. The molecule has 0 aliphatic rings. The lowest BCUT2D eigenvalue weighted by atomic mass is 10.0. The first kappa shape index (κ1) is 22.6. The molecule has 11 nitrogen and oxygen atoms in total. The predicted octanol–water partition coefficient (Wildman–Crippen LogP) is 0.902. The van der Waals surface area contributed by atoms with Crippen molar-refractivity contribution in [2.75, 3.05) is 0 Å². The summed E-state index contributed by atoms with van der Waals surface area (Å²) in [5.41, 5.74) is 1.05. The molecule has 1 aromatic heterocycles. The second-order valence-corrected chi connectivity index (χ2v) is 7.50. The van der Waals surface area contributed by atoms with E-state index in [9.17, 15) is 29.8 Å². The van der Waals surface area contributed by atoms with Gasteiger partial charge in [-0.25, -0.2) is 4.57 Å². The maximum absolute atomic E-state index is 11.6. The van der Waals surface area contributed by atoms with Crippen LogP contribution in [0.5, 0.6) is 17.2 Å². The van der Waals surface area contributed by atoms with Gasteiger partial charge in [0.05, 0.1) is 12.3 Å². The molecule has 0 bridgehead atoms. The summed E-state index contributed by atoms with van der Waals surface area (Å²) >= 11 is 0. The van der Waals surface area contributed by atoms with E-state index in [2.05, 4.69) is 14.8 Å². The highest BCUT2D eigenvalue weighted by Crippen LogP contribution is 2.38. The quantitative estimate of drug-likeness (QED) is 0.222. The minimum atomic E-state index is -4.75. The van der Waals surface area contributed by atoms with Gasteiger partial charge >= 0.3 is 13.8 Å². The molecule has 0 spiro atoms. The number of aromatic hydroxyl groups is 3. The molecule has 29 heavy (non-hydrogen) atoms. The normalized spacial score (nSPS) is 12.7. The Labute approximate surface area is 165 Å². The van der Waals surface area contributed by atoms with Crippen molar-refractivity contribution in [1.82, 2.24) is 10.3 Å². The van der Waals surface area contributed by atoms with Crippen molar-refractivity contribution in [3.8, 4) is 17.2 Å². The third kappa shape index (κ3) is 6.41. The number of pyridine rings is 1. The van der Waals surface area contributed by atoms with Crippen molar-refractivity contribution in [1.29, 1.82) is 0 Å². The highest BCUT2D eigenvalue weighted by atomic mass is 31.2. The summed E-state index contributed by atoms with van der Waals surface area (Å²) in [6, 6.07) is 2.81. The van der Waals surface area contributed by atoms with Crippen LogP contribution in [-0.4, -0.2) is 47.2 Å². The number of hydrogen-bond donors (Lipinski definition) is 7. The van der Waals surface area contributed by atoms with Crippen LogP contribution in [0.2, 0.25) is 0 Å². The molecule has 0 amide bonds. The SMILES string of the molecule is Cc1ncc(COP(=O)(O)O)c(CN[C@@H](Cc2ccc(O)c(O)c2)C(=O)O)c1O. The number of rotatable bonds is 9. The van der Waals surface area contributed by atoms with E-state index >= 15 is 0 Å². The first-order valence-corrected chi connectivity index (χ1v) is 9.84. The van der Waals surface area contributed by atoms with Gasteiger partial charge in [0.15, 0.2) is 11.5 Å². The zero-order valence-electron chi connectivity index (χ0n) is 15.3. The molecule has 0 aliphatic carbocycles. The number of benzene rings is 1. The topological polar surface area (TPSA) is 190 Å². The third-order valence-corrected chi connectivity index (χ3v) is 4.59. The Morgan fingerprint density at radius 1 is 1.24 bits per heavy atom. The van der Waals surface area contributed by atoms with Crippen molar-refractivity contribution >= 4 is 13.8 Å². The molecular formula is C17H21N2O9P. The summed E-state index contributed by atoms with van der Waals surface area (Å²) in [4.78, 5) is 33.2. The molecular weight excluding hydrogens is 407 g/mol. The van der Waals surface area contributed by atoms with Crippen molar-refractivity contribution < 1.29 is 44.1 Å². The Bertz CT molecular complexity index is 945. The average molecular weight is 428 g/mol. The van der Waals surface area contributed by atoms with Crippen LogP contribution in [0.4, 0.5) is 0 Å². The van der Waals surface area contributed by atoms with Crippen LogP contribution in [0.1, 0.15) is 22.4 Å². The van der Waals surface area contributed by atoms with Gasteiger partial charge in [-0.3, -0.25) is 19.6 Å². The Kier molecular flexibility index (Phi) is 7.17. The zero-order valence-corrected chi connectivity index (χ0v) is 16.2. The molecule has 0 unspecified atom stereocenters. The van der Waals surface area contributed by atoms with E-state index in [4.69, 9.17) is 9.79 Å². The van der Waals surface area contributed by atoms with Crippen molar-refractivity contribution in [3.63, 3.8) is 0 Å². The van der Waals surface area contributed by atoms with Crippen LogP contribution in [-0.2, 0) is 33.5 Å². The van der Waals surface area contributed by atoms with E-state index in [1.807, 2.05) is 0 Å². The van der Waals surface area contributed by atoms with Crippen LogP contribution in [0.25, 0.3) is 0 Å². The first-order valence-electron chi connectivity index (χ1n) is 8.31. The highest BCUT2D eigenvalue weighted by Gasteiger charge is 2.22. The average Bonchev–Trinajstić information content (AvgIpc) is 2.62. The predicted molar refractivity (Wildman–Crippen MR) is 99.2 cm³/mol. The van der Waals surface area contributed by atoms with E-state index in [0.717, 1.165) is 0 Å². The second-order valence-electron chi connectivity index (χ2n) is 6.26. The van der Waals surface area contributed by atoms with Gasteiger partial charge in [0.25, 0.3) is 0 Å². The van der Waals surface area contributed by atoms with Gasteiger partial charge in [0.2, 0.25) is 0 Å². The Balaban J connectivity index is 2.19. The standard InChI is InChI=1S/C17H21N2O9P/c1-9-16(22)12(11(6-18-9)8-28-29(25,26)27)7-19-13(17(23)24)4-10-2-3-14(20)15(21)5-10/h2-3,5-6,13,19-22H,4,7-8H2,1H3,(H,23,24)(H2,25,26,27)/t13-/m0/s1. The van der Waals surface area contributed by atoms with Gasteiger partial charge in [-0.1, -0.05) is 6.07 Å². The maximum atomic E-state index is 11.6. The summed E-state index contributed by atoms with van der Waals surface area (Å²) in [5, 5.41) is 41.4. The molecule has 2 aromatic rings. The molecule has 0 saturated heterocycles. The molecule has 7 N–H and O–H groups in total. The summed E-state index contributed by atoms with van der Waals surface area (Å²) < 4.78 is 15.4. The van der Waals surface area contributed by atoms with Crippen LogP contribution >= 0.6 is 7.82 Å². The van der Waals surface area contributed by atoms with Gasteiger partial charge in [-0.2, -0.15) is 0 Å². The van der Waals surface area contributed by atoms with Gasteiger partial charge in [-0.15, -0.1) is 0 Å². The molecule has 0 saturated carbocycles. The summed E-state index contributed by atoms with van der Waals surface area (Å²) in [5.74, 6) is -2.17. The molecule has 1 aromatic carbocycles.